The van der Waals surface area contributed by atoms with Gasteiger partial charge in [0.2, 0.25) is 0 Å². The molecular weight excluding hydrogens is 226 g/mol. The lowest BCUT2D eigenvalue weighted by molar-refractivity contribution is 0.0602. The van der Waals surface area contributed by atoms with Crippen molar-refractivity contribution < 1.29 is 9.84 Å². The van der Waals surface area contributed by atoms with Crippen LogP contribution >= 0.6 is 0 Å². The molecule has 0 saturated carbocycles. The van der Waals surface area contributed by atoms with Gasteiger partial charge in [-0.15, -0.1) is 0 Å². The second-order valence-electron chi connectivity index (χ2n) is 5.28. The molecule has 1 aromatic rings. The molecule has 0 radical (unpaired) electrons. The largest absolute Gasteiger partial charge is 0.387 e. The van der Waals surface area contributed by atoms with Crippen LogP contribution in [-0.2, 0) is 4.74 Å². The van der Waals surface area contributed by atoms with Gasteiger partial charge in [0.15, 0.2) is 0 Å². The van der Waals surface area contributed by atoms with Crippen LogP contribution in [0.25, 0.3) is 0 Å². The number of aryl methyl sites for hydroxylation is 1. The highest BCUT2D eigenvalue weighted by molar-refractivity contribution is 5.23. The summed E-state index contributed by atoms with van der Waals surface area (Å²) in [6, 6.07) is 8.08. The molecule has 0 amide bonds. The lowest BCUT2D eigenvalue weighted by atomic mass is 10.1. The third-order valence-electron chi connectivity index (χ3n) is 3.49. The molecule has 2 unspecified atom stereocenters. The predicted molar refractivity (Wildman–Crippen MR) is 72.6 cm³/mol. The summed E-state index contributed by atoms with van der Waals surface area (Å²) in [6.07, 6.45) is 2.24. The fourth-order valence-corrected chi connectivity index (χ4v) is 2.40. The minimum Gasteiger partial charge on any atom is -0.387 e. The fourth-order valence-electron chi connectivity index (χ4n) is 2.40. The van der Waals surface area contributed by atoms with Gasteiger partial charge in [-0.2, -0.15) is 0 Å². The summed E-state index contributed by atoms with van der Waals surface area (Å²) in [4.78, 5) is 2.15. The average Bonchev–Trinajstić information content (AvgIpc) is 2.82. The van der Waals surface area contributed by atoms with Crippen LogP contribution < -0.4 is 0 Å². The molecule has 3 nitrogen and oxygen atoms in total. The first-order valence-electron chi connectivity index (χ1n) is 6.70. The Kier molecular flexibility index (Phi) is 4.75. The van der Waals surface area contributed by atoms with Crippen molar-refractivity contribution in [3.8, 4) is 0 Å². The van der Waals surface area contributed by atoms with Crippen LogP contribution in [-0.4, -0.2) is 42.9 Å². The van der Waals surface area contributed by atoms with E-state index in [9.17, 15) is 5.11 Å². The van der Waals surface area contributed by atoms with Gasteiger partial charge in [-0.3, -0.25) is 0 Å². The molecule has 1 aromatic carbocycles. The quantitative estimate of drug-likeness (QED) is 0.868. The van der Waals surface area contributed by atoms with Crippen molar-refractivity contribution in [3.05, 3.63) is 35.4 Å². The zero-order chi connectivity index (χ0) is 13.0. The Morgan fingerprint density at radius 2 is 2.11 bits per heavy atom. The van der Waals surface area contributed by atoms with Crippen LogP contribution in [0.2, 0.25) is 0 Å². The number of hydrogen-bond donors (Lipinski definition) is 1. The third-order valence-corrected chi connectivity index (χ3v) is 3.49. The normalized spacial score (nSPS) is 21.4. The Bertz CT molecular complexity index is 357. The van der Waals surface area contributed by atoms with E-state index >= 15 is 0 Å². The first-order valence-corrected chi connectivity index (χ1v) is 6.70. The van der Waals surface area contributed by atoms with E-state index in [1.165, 1.54) is 12.0 Å². The van der Waals surface area contributed by atoms with E-state index in [1.807, 2.05) is 31.3 Å². The maximum atomic E-state index is 10.2. The third kappa shape index (κ3) is 3.80. The molecule has 2 atom stereocenters. The van der Waals surface area contributed by atoms with Crippen LogP contribution in [0.15, 0.2) is 24.3 Å². The fraction of sp³-hybridized carbons (Fsp3) is 0.600. The monoisotopic (exact) mass is 249 g/mol. The summed E-state index contributed by atoms with van der Waals surface area (Å²) in [6.45, 7) is 4.50. The van der Waals surface area contributed by atoms with E-state index in [0.717, 1.165) is 25.1 Å². The molecule has 1 aliphatic heterocycles. The van der Waals surface area contributed by atoms with E-state index in [2.05, 4.69) is 11.8 Å². The van der Waals surface area contributed by atoms with Crippen molar-refractivity contribution in [2.45, 2.75) is 32.0 Å². The number of rotatable bonds is 5. The first kappa shape index (κ1) is 13.5. The Balaban J connectivity index is 1.82. The van der Waals surface area contributed by atoms with Gasteiger partial charge >= 0.3 is 0 Å². The second kappa shape index (κ2) is 6.32. The molecule has 0 aromatic heterocycles. The SMILES string of the molecule is Cc1ccc(C(O)CN(C)CC2CCCO2)cc1. The summed E-state index contributed by atoms with van der Waals surface area (Å²) in [5.41, 5.74) is 2.21. The van der Waals surface area contributed by atoms with Crippen LogP contribution in [0.4, 0.5) is 0 Å². The summed E-state index contributed by atoms with van der Waals surface area (Å²) >= 11 is 0. The van der Waals surface area contributed by atoms with Gasteiger partial charge in [0.05, 0.1) is 12.2 Å². The number of nitrogens with zero attached hydrogens (tertiary/aromatic N) is 1. The Morgan fingerprint density at radius 3 is 2.72 bits per heavy atom. The molecule has 0 aliphatic carbocycles. The number of aliphatic hydroxyl groups is 1. The van der Waals surface area contributed by atoms with Crippen LogP contribution in [0.1, 0.15) is 30.1 Å². The standard InChI is InChI=1S/C15H23NO2/c1-12-5-7-13(8-6-12)15(17)11-16(2)10-14-4-3-9-18-14/h5-8,14-15,17H,3-4,9-11H2,1-2H3. The van der Waals surface area contributed by atoms with Gasteiger partial charge in [0.25, 0.3) is 0 Å². The van der Waals surface area contributed by atoms with E-state index in [4.69, 9.17) is 4.74 Å². The summed E-state index contributed by atoms with van der Waals surface area (Å²) in [7, 11) is 2.04. The van der Waals surface area contributed by atoms with Crippen molar-refractivity contribution in [2.24, 2.45) is 0 Å². The smallest absolute Gasteiger partial charge is 0.0916 e. The van der Waals surface area contributed by atoms with Crippen molar-refractivity contribution in [2.75, 3.05) is 26.7 Å². The predicted octanol–water partition coefficient (Wildman–Crippen LogP) is 2.14. The van der Waals surface area contributed by atoms with Crippen molar-refractivity contribution in [1.29, 1.82) is 0 Å². The highest BCUT2D eigenvalue weighted by Gasteiger charge is 2.19. The molecule has 1 heterocycles. The molecule has 1 aliphatic rings. The lowest BCUT2D eigenvalue weighted by Gasteiger charge is -2.23. The number of likely N-dealkylation sites (N-methyl/N-ethyl adjacent to an activating group) is 1. The molecular formula is C15H23NO2. The number of hydrogen-bond acceptors (Lipinski definition) is 3. The molecule has 0 spiro atoms. The minimum atomic E-state index is -0.419. The van der Waals surface area contributed by atoms with Gasteiger partial charge in [-0.25, -0.2) is 0 Å². The molecule has 1 fully saturated rings. The van der Waals surface area contributed by atoms with Crippen LogP contribution in [0.3, 0.4) is 0 Å². The molecule has 2 rings (SSSR count). The molecule has 100 valence electrons. The zero-order valence-corrected chi connectivity index (χ0v) is 11.3. The molecule has 1 N–H and O–H groups in total. The molecule has 3 heteroatoms. The molecule has 1 saturated heterocycles. The topological polar surface area (TPSA) is 32.7 Å². The van der Waals surface area contributed by atoms with Crippen molar-refractivity contribution in [3.63, 3.8) is 0 Å². The lowest BCUT2D eigenvalue weighted by Crippen LogP contribution is -2.32. The van der Waals surface area contributed by atoms with Gasteiger partial charge in [0, 0.05) is 19.7 Å². The average molecular weight is 249 g/mol. The van der Waals surface area contributed by atoms with Crippen LogP contribution in [0, 0.1) is 6.92 Å². The van der Waals surface area contributed by atoms with Crippen LogP contribution in [0.5, 0.6) is 0 Å². The summed E-state index contributed by atoms with van der Waals surface area (Å²) in [5, 5.41) is 10.2. The maximum absolute atomic E-state index is 10.2. The molecule has 18 heavy (non-hydrogen) atoms. The van der Waals surface area contributed by atoms with Gasteiger partial charge < -0.3 is 14.7 Å². The number of aliphatic hydroxyl groups excluding tert-OH is 1. The summed E-state index contributed by atoms with van der Waals surface area (Å²) in [5.74, 6) is 0. The highest BCUT2D eigenvalue weighted by Crippen LogP contribution is 2.17. The maximum Gasteiger partial charge on any atom is 0.0916 e. The van der Waals surface area contributed by atoms with Gasteiger partial charge in [-0.05, 0) is 32.4 Å². The van der Waals surface area contributed by atoms with Gasteiger partial charge in [-0.1, -0.05) is 29.8 Å². The number of benzene rings is 1. The van der Waals surface area contributed by atoms with E-state index in [1.54, 1.807) is 0 Å². The summed E-state index contributed by atoms with van der Waals surface area (Å²) < 4.78 is 5.60. The number of ether oxygens (including phenoxy) is 1. The Labute approximate surface area is 109 Å². The molecule has 0 bridgehead atoms. The van der Waals surface area contributed by atoms with Gasteiger partial charge in [0.1, 0.15) is 0 Å². The van der Waals surface area contributed by atoms with E-state index in [0.29, 0.717) is 12.6 Å². The minimum absolute atomic E-state index is 0.347. The zero-order valence-electron chi connectivity index (χ0n) is 11.3. The Morgan fingerprint density at radius 1 is 1.39 bits per heavy atom. The van der Waals surface area contributed by atoms with E-state index < -0.39 is 6.10 Å². The second-order valence-corrected chi connectivity index (χ2v) is 5.28. The van der Waals surface area contributed by atoms with E-state index in [-0.39, 0.29) is 0 Å². The highest BCUT2D eigenvalue weighted by atomic mass is 16.5. The van der Waals surface area contributed by atoms with Crippen molar-refractivity contribution in [1.82, 2.24) is 4.90 Å². The first-order chi connectivity index (χ1) is 8.65. The van der Waals surface area contributed by atoms with Crippen molar-refractivity contribution >= 4 is 0 Å². The Hall–Kier alpha value is -0.900.